The number of benzene rings is 2. The number of rotatable bonds is 7. The number of imidazole rings is 1. The van der Waals surface area contributed by atoms with E-state index >= 15 is 0 Å². The van der Waals surface area contributed by atoms with Gasteiger partial charge in [0.05, 0.1) is 25.2 Å². The molecule has 6 nitrogen and oxygen atoms in total. The highest BCUT2D eigenvalue weighted by Crippen LogP contribution is 2.23. The minimum atomic E-state index is -0.442. The summed E-state index contributed by atoms with van der Waals surface area (Å²) in [4.78, 5) is 25.0. The average Bonchev–Trinajstić information content (AvgIpc) is 3.25. The van der Waals surface area contributed by atoms with E-state index in [9.17, 15) is 14.0 Å². The van der Waals surface area contributed by atoms with Crippen LogP contribution in [0.1, 0.15) is 34.6 Å². The lowest BCUT2D eigenvalue weighted by molar-refractivity contribution is 0.111. The van der Waals surface area contributed by atoms with Crippen molar-refractivity contribution in [3.63, 3.8) is 0 Å². The van der Waals surface area contributed by atoms with Crippen molar-refractivity contribution in [1.29, 1.82) is 0 Å². The number of aldehydes is 2. The van der Waals surface area contributed by atoms with Crippen molar-refractivity contribution in [2.45, 2.75) is 13.8 Å². The van der Waals surface area contributed by atoms with Crippen molar-refractivity contribution in [2.75, 3.05) is 13.2 Å². The molecule has 28 heavy (non-hydrogen) atoms. The van der Waals surface area contributed by atoms with Crippen LogP contribution in [-0.2, 0) is 0 Å². The smallest absolute Gasteiger partial charge is 0.165 e. The van der Waals surface area contributed by atoms with E-state index in [4.69, 9.17) is 9.47 Å². The summed E-state index contributed by atoms with van der Waals surface area (Å²) in [7, 11) is 0. The molecule has 146 valence electrons. The molecule has 0 radical (unpaired) electrons. The van der Waals surface area contributed by atoms with Gasteiger partial charge >= 0.3 is 0 Å². The molecule has 0 spiro atoms. The highest BCUT2D eigenvalue weighted by atomic mass is 19.1. The molecular weight excluding hydrogens is 363 g/mol. The summed E-state index contributed by atoms with van der Waals surface area (Å²) in [6, 6.07) is 9.33. The topological polar surface area (TPSA) is 70.4 Å². The summed E-state index contributed by atoms with van der Waals surface area (Å²) in [5, 5.41) is 0. The predicted octanol–water partition coefficient (Wildman–Crippen LogP) is 4.12. The maximum atomic E-state index is 12.9. The zero-order valence-corrected chi connectivity index (χ0v) is 15.7. The fourth-order valence-corrected chi connectivity index (χ4v) is 2.35. The van der Waals surface area contributed by atoms with Crippen molar-refractivity contribution < 1.29 is 23.5 Å². The molecule has 0 bridgehead atoms. The van der Waals surface area contributed by atoms with Crippen molar-refractivity contribution in [1.82, 2.24) is 9.55 Å². The number of carbonyl (C=O) groups is 2. The Morgan fingerprint density at radius 3 is 2.14 bits per heavy atom. The van der Waals surface area contributed by atoms with Gasteiger partial charge in [0.2, 0.25) is 0 Å². The molecule has 3 aromatic rings. The van der Waals surface area contributed by atoms with Gasteiger partial charge in [-0.05, 0) is 50.2 Å². The Balaban J connectivity index is 0.000000209. The van der Waals surface area contributed by atoms with E-state index in [-0.39, 0.29) is 5.75 Å². The predicted molar refractivity (Wildman–Crippen MR) is 103 cm³/mol. The van der Waals surface area contributed by atoms with Crippen LogP contribution in [0.5, 0.6) is 11.5 Å². The summed E-state index contributed by atoms with van der Waals surface area (Å²) < 4.78 is 25.1. The Bertz CT molecular complexity index is 911. The summed E-state index contributed by atoms with van der Waals surface area (Å²) in [5.41, 5.74) is 1.90. The number of hydrogen-bond donors (Lipinski definition) is 0. The molecule has 0 saturated carbocycles. The SMILES string of the molecule is CCOc1cc(C=O)ccc1-n1ccnc1.CCOc1cc(C=O)ccc1F. The van der Waals surface area contributed by atoms with Crippen LogP contribution < -0.4 is 9.47 Å². The Morgan fingerprint density at radius 1 is 0.964 bits per heavy atom. The van der Waals surface area contributed by atoms with Crippen LogP contribution in [0.25, 0.3) is 5.69 Å². The first-order chi connectivity index (χ1) is 13.6. The maximum absolute atomic E-state index is 12.9. The quantitative estimate of drug-likeness (QED) is 0.573. The molecule has 1 heterocycles. The first kappa shape index (κ1) is 20.8. The van der Waals surface area contributed by atoms with Crippen molar-refractivity contribution >= 4 is 12.6 Å². The number of carbonyl (C=O) groups excluding carboxylic acids is 2. The van der Waals surface area contributed by atoms with Gasteiger partial charge in [0.1, 0.15) is 18.3 Å². The summed E-state index contributed by atoms with van der Waals surface area (Å²) in [6.07, 6.45) is 6.68. The molecule has 0 unspecified atom stereocenters. The summed E-state index contributed by atoms with van der Waals surface area (Å²) >= 11 is 0. The number of nitrogens with zero attached hydrogens (tertiary/aromatic N) is 2. The zero-order valence-electron chi connectivity index (χ0n) is 15.7. The second-order valence-corrected chi connectivity index (χ2v) is 5.49. The van der Waals surface area contributed by atoms with Crippen molar-refractivity contribution in [3.8, 4) is 17.2 Å². The van der Waals surface area contributed by atoms with E-state index in [2.05, 4.69) is 4.98 Å². The van der Waals surface area contributed by atoms with Gasteiger partial charge in [0.15, 0.2) is 11.6 Å². The molecule has 1 aromatic heterocycles. The van der Waals surface area contributed by atoms with E-state index in [1.165, 1.54) is 18.2 Å². The zero-order chi connectivity index (χ0) is 20.4. The van der Waals surface area contributed by atoms with Gasteiger partial charge in [-0.1, -0.05) is 0 Å². The molecule has 0 aliphatic rings. The van der Waals surface area contributed by atoms with Crippen LogP contribution >= 0.6 is 0 Å². The number of ether oxygens (including phenoxy) is 2. The fourth-order valence-electron chi connectivity index (χ4n) is 2.35. The first-order valence-corrected chi connectivity index (χ1v) is 8.70. The fraction of sp³-hybridized carbons (Fsp3) is 0.190. The minimum Gasteiger partial charge on any atom is -0.492 e. The van der Waals surface area contributed by atoms with Crippen LogP contribution in [0.15, 0.2) is 55.1 Å². The Kier molecular flexibility index (Phi) is 7.90. The summed E-state index contributed by atoms with van der Waals surface area (Å²) in [5.74, 6) is 0.370. The molecule has 0 aliphatic carbocycles. The van der Waals surface area contributed by atoms with Crippen molar-refractivity contribution in [3.05, 3.63) is 72.1 Å². The first-order valence-electron chi connectivity index (χ1n) is 8.70. The molecule has 0 aliphatic heterocycles. The van der Waals surface area contributed by atoms with Gasteiger partial charge in [-0.2, -0.15) is 0 Å². The third kappa shape index (κ3) is 5.51. The third-order valence-corrected chi connectivity index (χ3v) is 3.59. The number of hydrogen-bond acceptors (Lipinski definition) is 5. The summed E-state index contributed by atoms with van der Waals surface area (Å²) in [6.45, 7) is 4.61. The van der Waals surface area contributed by atoms with E-state index in [1.54, 1.807) is 31.6 Å². The highest BCUT2D eigenvalue weighted by molar-refractivity contribution is 5.77. The molecule has 0 fully saturated rings. The molecule has 3 rings (SSSR count). The Labute approximate surface area is 162 Å². The normalized spacial score (nSPS) is 9.82. The van der Waals surface area contributed by atoms with E-state index in [0.717, 1.165) is 12.0 Å². The second-order valence-electron chi connectivity index (χ2n) is 5.49. The Morgan fingerprint density at radius 2 is 1.57 bits per heavy atom. The van der Waals surface area contributed by atoms with Crippen molar-refractivity contribution in [2.24, 2.45) is 0 Å². The molecule has 0 amide bonds. The van der Waals surface area contributed by atoms with E-state index in [1.807, 2.05) is 23.8 Å². The lowest BCUT2D eigenvalue weighted by Gasteiger charge is -2.10. The second kappa shape index (κ2) is 10.6. The lowest BCUT2D eigenvalue weighted by atomic mass is 10.2. The molecule has 0 atom stereocenters. The lowest BCUT2D eigenvalue weighted by Crippen LogP contribution is -1.99. The largest absolute Gasteiger partial charge is 0.492 e. The highest BCUT2D eigenvalue weighted by Gasteiger charge is 2.06. The molecule has 0 N–H and O–H groups in total. The molecule has 0 saturated heterocycles. The van der Waals surface area contributed by atoms with Gasteiger partial charge in [0, 0.05) is 23.5 Å². The van der Waals surface area contributed by atoms with Crippen LogP contribution in [-0.4, -0.2) is 35.3 Å². The van der Waals surface area contributed by atoms with Gasteiger partial charge < -0.3 is 14.0 Å². The monoisotopic (exact) mass is 384 g/mol. The van der Waals surface area contributed by atoms with Crippen LogP contribution in [0.2, 0.25) is 0 Å². The average molecular weight is 384 g/mol. The van der Waals surface area contributed by atoms with Crippen LogP contribution in [0.3, 0.4) is 0 Å². The van der Waals surface area contributed by atoms with Gasteiger partial charge in [-0.25, -0.2) is 9.37 Å². The van der Waals surface area contributed by atoms with Crippen LogP contribution in [0, 0.1) is 5.82 Å². The maximum Gasteiger partial charge on any atom is 0.165 e. The van der Waals surface area contributed by atoms with Gasteiger partial charge in [0.25, 0.3) is 0 Å². The van der Waals surface area contributed by atoms with Gasteiger partial charge in [-0.15, -0.1) is 0 Å². The third-order valence-electron chi connectivity index (χ3n) is 3.59. The molecule has 2 aromatic carbocycles. The van der Waals surface area contributed by atoms with E-state index in [0.29, 0.717) is 36.4 Å². The van der Waals surface area contributed by atoms with Crippen LogP contribution in [0.4, 0.5) is 4.39 Å². The number of aromatic nitrogens is 2. The number of halogens is 1. The molecule has 7 heteroatoms. The molecular formula is C21H21FN2O4. The van der Waals surface area contributed by atoms with E-state index < -0.39 is 5.82 Å². The minimum absolute atomic E-state index is 0.127. The Hall–Kier alpha value is -3.48. The standard InChI is InChI=1S/C12H12N2O2.C9H9FO2/c1-2-16-12-7-10(8-15)3-4-11(12)14-6-5-13-9-14;1-2-12-9-5-7(6-11)3-4-8(9)10/h3-9H,2H2,1H3;3-6H,2H2,1H3. The van der Waals surface area contributed by atoms with Gasteiger partial charge in [-0.3, -0.25) is 9.59 Å².